The molecular weight excluding hydrogens is 294 g/mol. The van der Waals surface area contributed by atoms with Crippen molar-refractivity contribution in [2.45, 2.75) is 49.7 Å². The maximum atomic E-state index is 11.1. The molecule has 0 amide bonds. The van der Waals surface area contributed by atoms with Crippen molar-refractivity contribution >= 4 is 18.2 Å². The Morgan fingerprint density at radius 3 is 2.39 bits per heavy atom. The fourth-order valence-electron chi connectivity index (χ4n) is 3.46. The minimum absolute atomic E-state index is 0.398. The highest BCUT2D eigenvalue weighted by molar-refractivity contribution is 5.43. The minimum atomic E-state index is -1.14. The first-order chi connectivity index (χ1) is 11.1. The molecule has 0 radical (unpaired) electrons. The van der Waals surface area contributed by atoms with E-state index in [9.17, 15) is 14.4 Å². The molecular formula is C17H17N3O3. The molecule has 1 fully saturated rings. The van der Waals surface area contributed by atoms with Crippen molar-refractivity contribution in [3.8, 4) is 0 Å². The fraction of sp³-hybridized carbons (Fsp3) is 0.471. The van der Waals surface area contributed by atoms with Crippen molar-refractivity contribution in [3.63, 3.8) is 0 Å². The highest BCUT2D eigenvalue weighted by atomic mass is 16.1. The summed E-state index contributed by atoms with van der Waals surface area (Å²) in [7, 11) is 0. The summed E-state index contributed by atoms with van der Waals surface area (Å²) in [5.41, 5.74) is -1.18. The second-order valence-electron chi connectivity index (χ2n) is 5.88. The molecule has 0 saturated heterocycles. The molecule has 1 aliphatic rings. The molecule has 0 spiro atoms. The van der Waals surface area contributed by atoms with Crippen LogP contribution in [-0.2, 0) is 20.8 Å². The predicted molar refractivity (Wildman–Crippen MR) is 83.3 cm³/mol. The molecule has 0 aromatic heterocycles. The lowest BCUT2D eigenvalue weighted by molar-refractivity contribution is 0.143. The van der Waals surface area contributed by atoms with Crippen molar-refractivity contribution in [2.75, 3.05) is 0 Å². The Kier molecular flexibility index (Phi) is 5.15. The summed E-state index contributed by atoms with van der Waals surface area (Å²) in [5, 5.41) is 0. The van der Waals surface area contributed by atoms with Crippen LogP contribution in [0.25, 0.3) is 0 Å². The van der Waals surface area contributed by atoms with Crippen molar-refractivity contribution in [1.29, 1.82) is 0 Å². The van der Waals surface area contributed by atoms with Crippen LogP contribution in [0.2, 0.25) is 0 Å². The number of hydrogen-bond donors (Lipinski definition) is 0. The van der Waals surface area contributed by atoms with Crippen molar-refractivity contribution < 1.29 is 14.4 Å². The number of rotatable bonds is 5. The van der Waals surface area contributed by atoms with Gasteiger partial charge in [-0.25, -0.2) is 14.4 Å². The van der Waals surface area contributed by atoms with Crippen LogP contribution in [-0.4, -0.2) is 35.4 Å². The molecule has 0 bridgehead atoms. The van der Waals surface area contributed by atoms with Gasteiger partial charge in [-0.2, -0.15) is 15.0 Å². The van der Waals surface area contributed by atoms with Crippen molar-refractivity contribution in [3.05, 3.63) is 35.9 Å². The zero-order valence-electron chi connectivity index (χ0n) is 12.9. The van der Waals surface area contributed by atoms with E-state index in [1.807, 2.05) is 30.3 Å². The molecule has 1 aromatic carbocycles. The average molecular weight is 311 g/mol. The Bertz CT molecular complexity index is 701. The van der Waals surface area contributed by atoms with E-state index in [0.29, 0.717) is 25.7 Å². The molecule has 0 aliphatic heterocycles. The van der Waals surface area contributed by atoms with E-state index in [4.69, 9.17) is 0 Å². The van der Waals surface area contributed by atoms with Gasteiger partial charge in [0.15, 0.2) is 0 Å². The van der Waals surface area contributed by atoms with Crippen LogP contribution < -0.4 is 0 Å². The third-order valence-corrected chi connectivity index (χ3v) is 4.74. The Labute approximate surface area is 134 Å². The number of aliphatic imine (C=N–C) groups is 3. The summed E-state index contributed by atoms with van der Waals surface area (Å²) in [5.74, 6) is 0. The summed E-state index contributed by atoms with van der Waals surface area (Å²) in [4.78, 5) is 44.6. The van der Waals surface area contributed by atoms with E-state index >= 15 is 0 Å². The van der Waals surface area contributed by atoms with Crippen LogP contribution in [0.15, 0.2) is 45.3 Å². The summed E-state index contributed by atoms with van der Waals surface area (Å²) >= 11 is 0. The standard InChI is InChI=1S/C17H17N3O3/c1-16(19-12-22)15(18-11-21)8-5-9-17(16,20-13-23)10-14-6-3-2-4-7-14/h2-4,6-7,15H,5,8-10H2,1H3. The summed E-state index contributed by atoms with van der Waals surface area (Å²) < 4.78 is 0. The van der Waals surface area contributed by atoms with E-state index in [1.165, 1.54) is 6.08 Å². The number of carbonyl (C=O) groups excluding carboxylic acids is 3. The number of isocyanates is 3. The highest BCUT2D eigenvalue weighted by Crippen LogP contribution is 2.46. The lowest BCUT2D eigenvalue weighted by Gasteiger charge is -2.47. The molecule has 6 nitrogen and oxygen atoms in total. The van der Waals surface area contributed by atoms with Gasteiger partial charge >= 0.3 is 0 Å². The van der Waals surface area contributed by atoms with Gasteiger partial charge in [-0.1, -0.05) is 30.3 Å². The van der Waals surface area contributed by atoms with Crippen LogP contribution in [0.1, 0.15) is 31.7 Å². The van der Waals surface area contributed by atoms with Crippen LogP contribution in [0.3, 0.4) is 0 Å². The van der Waals surface area contributed by atoms with Crippen molar-refractivity contribution in [2.24, 2.45) is 15.0 Å². The predicted octanol–water partition coefficient (Wildman–Crippen LogP) is 2.29. The van der Waals surface area contributed by atoms with E-state index in [-0.39, 0.29) is 0 Å². The fourth-order valence-corrected chi connectivity index (χ4v) is 3.46. The quantitative estimate of drug-likeness (QED) is 0.617. The van der Waals surface area contributed by atoms with Gasteiger partial charge in [0.1, 0.15) is 11.1 Å². The van der Waals surface area contributed by atoms with Gasteiger partial charge in [0.05, 0.1) is 6.04 Å². The number of benzene rings is 1. The third kappa shape index (κ3) is 3.10. The molecule has 0 heterocycles. The third-order valence-electron chi connectivity index (χ3n) is 4.74. The first-order valence-electron chi connectivity index (χ1n) is 7.41. The lowest BCUT2D eigenvalue weighted by Crippen LogP contribution is -2.60. The molecule has 2 rings (SSSR count). The van der Waals surface area contributed by atoms with E-state index in [0.717, 1.165) is 5.56 Å². The van der Waals surface area contributed by atoms with Gasteiger partial charge in [0, 0.05) is 6.42 Å². The molecule has 1 aliphatic carbocycles. The molecule has 0 N–H and O–H groups in total. The molecule has 118 valence electrons. The lowest BCUT2D eigenvalue weighted by atomic mass is 9.63. The van der Waals surface area contributed by atoms with E-state index in [2.05, 4.69) is 15.0 Å². The zero-order chi connectivity index (χ0) is 16.8. The summed E-state index contributed by atoms with van der Waals surface area (Å²) in [6.07, 6.45) is 6.94. The molecule has 6 heteroatoms. The van der Waals surface area contributed by atoms with Crippen LogP contribution >= 0.6 is 0 Å². The molecule has 1 saturated carbocycles. The van der Waals surface area contributed by atoms with Gasteiger partial charge < -0.3 is 0 Å². The highest BCUT2D eigenvalue weighted by Gasteiger charge is 2.56. The van der Waals surface area contributed by atoms with Gasteiger partial charge in [0.25, 0.3) is 0 Å². The second kappa shape index (κ2) is 7.08. The van der Waals surface area contributed by atoms with Crippen LogP contribution in [0.4, 0.5) is 0 Å². The van der Waals surface area contributed by atoms with Gasteiger partial charge in [-0.15, -0.1) is 0 Å². The molecule has 23 heavy (non-hydrogen) atoms. The second-order valence-corrected chi connectivity index (χ2v) is 5.88. The Morgan fingerprint density at radius 2 is 1.78 bits per heavy atom. The maximum Gasteiger partial charge on any atom is 0.235 e. The summed E-state index contributed by atoms with van der Waals surface area (Å²) in [6.45, 7) is 1.69. The largest absolute Gasteiger partial charge is 0.235 e. The van der Waals surface area contributed by atoms with Crippen LogP contribution in [0, 0.1) is 0 Å². The summed E-state index contributed by atoms with van der Waals surface area (Å²) in [6, 6.07) is 8.92. The van der Waals surface area contributed by atoms with Gasteiger partial charge in [-0.05, 0) is 31.7 Å². The Balaban J connectivity index is 2.59. The average Bonchev–Trinajstić information content (AvgIpc) is 2.54. The Morgan fingerprint density at radius 1 is 1.09 bits per heavy atom. The SMILES string of the molecule is CC1(N=C=O)C(N=C=O)CCCC1(Cc1ccccc1)N=C=O. The van der Waals surface area contributed by atoms with E-state index < -0.39 is 17.1 Å². The first kappa shape index (κ1) is 16.7. The maximum absolute atomic E-state index is 11.1. The van der Waals surface area contributed by atoms with Crippen LogP contribution in [0.5, 0.6) is 0 Å². The molecule has 1 aromatic rings. The molecule has 3 atom stereocenters. The minimum Gasteiger partial charge on any atom is -0.211 e. The topological polar surface area (TPSA) is 88.3 Å². The number of nitrogens with zero attached hydrogens (tertiary/aromatic N) is 3. The smallest absolute Gasteiger partial charge is 0.211 e. The Hall–Kier alpha value is -2.64. The zero-order valence-corrected chi connectivity index (χ0v) is 12.9. The van der Waals surface area contributed by atoms with Crippen molar-refractivity contribution in [1.82, 2.24) is 0 Å². The number of hydrogen-bond acceptors (Lipinski definition) is 6. The molecule has 3 unspecified atom stereocenters. The van der Waals surface area contributed by atoms with Gasteiger partial charge in [0.2, 0.25) is 18.2 Å². The monoisotopic (exact) mass is 311 g/mol. The first-order valence-corrected chi connectivity index (χ1v) is 7.41. The normalized spacial score (nSPS) is 29.5. The van der Waals surface area contributed by atoms with Gasteiger partial charge in [-0.3, -0.25) is 0 Å². The van der Waals surface area contributed by atoms with E-state index in [1.54, 1.807) is 19.1 Å².